The minimum absolute atomic E-state index is 0.0825. The van der Waals surface area contributed by atoms with Gasteiger partial charge in [0.05, 0.1) is 24.4 Å². The maximum absolute atomic E-state index is 13.0. The molecule has 3 heterocycles. The Kier molecular flexibility index (Phi) is 5.06. The molecule has 5 rings (SSSR count). The van der Waals surface area contributed by atoms with Gasteiger partial charge in [-0.3, -0.25) is 0 Å². The smallest absolute Gasteiger partial charge is 0.263 e. The zero-order valence-corrected chi connectivity index (χ0v) is 16.5. The summed E-state index contributed by atoms with van der Waals surface area (Å²) in [5, 5.41) is 33.0. The number of aromatic hydroxyl groups is 1. The highest BCUT2D eigenvalue weighted by atomic mass is 19.3. The second kappa shape index (κ2) is 7.74. The maximum Gasteiger partial charge on any atom is 0.263 e. The predicted molar refractivity (Wildman–Crippen MR) is 107 cm³/mol. The van der Waals surface area contributed by atoms with Gasteiger partial charge in [0.2, 0.25) is 0 Å². The van der Waals surface area contributed by atoms with Crippen LogP contribution in [0.5, 0.6) is 5.75 Å². The van der Waals surface area contributed by atoms with E-state index in [0.717, 1.165) is 55.7 Å². The molecule has 2 bridgehead atoms. The number of alkyl halides is 2. The lowest BCUT2D eigenvalue weighted by molar-refractivity contribution is 0.0324. The molecule has 30 heavy (non-hydrogen) atoms. The van der Waals surface area contributed by atoms with E-state index >= 15 is 0 Å². The number of ether oxygens (including phenoxy) is 1. The van der Waals surface area contributed by atoms with E-state index in [-0.39, 0.29) is 29.6 Å². The zero-order chi connectivity index (χ0) is 20.8. The third-order valence-electron chi connectivity index (χ3n) is 6.56. The van der Waals surface area contributed by atoms with Gasteiger partial charge in [0.15, 0.2) is 5.82 Å². The number of halogens is 2. The van der Waals surface area contributed by atoms with Crippen LogP contribution in [0.15, 0.2) is 18.2 Å². The standard InChI is InChI=1S/C22H25F2N3O3/c23-21(24)11-5-7-13(17(29)9-11)20-14-10-12-6-8-18(30-12)19(14)22(27-26-20)25-15-3-1-2-4-16(15)28/h5,7,9,12,15-16,18,21,28-29H,1-4,6,8,10H2,(H,25,27)/t12-,15-,16-,18+/m1/s1. The lowest BCUT2D eigenvalue weighted by Gasteiger charge is -2.32. The van der Waals surface area contributed by atoms with Crippen LogP contribution in [0.1, 0.15) is 67.7 Å². The molecule has 2 fully saturated rings. The molecule has 2 aromatic rings. The average Bonchev–Trinajstić information content (AvgIpc) is 3.11. The van der Waals surface area contributed by atoms with Crippen LogP contribution in [-0.2, 0) is 11.2 Å². The monoisotopic (exact) mass is 417 g/mol. The topological polar surface area (TPSA) is 87.5 Å². The van der Waals surface area contributed by atoms with Crippen molar-refractivity contribution in [1.82, 2.24) is 10.2 Å². The second-order valence-electron chi connectivity index (χ2n) is 8.50. The number of anilines is 1. The van der Waals surface area contributed by atoms with E-state index in [9.17, 15) is 19.0 Å². The van der Waals surface area contributed by atoms with Crippen LogP contribution in [0.4, 0.5) is 14.6 Å². The number of aliphatic hydroxyl groups excluding tert-OH is 1. The van der Waals surface area contributed by atoms with Crippen LogP contribution in [0.2, 0.25) is 0 Å². The van der Waals surface area contributed by atoms with Crippen molar-refractivity contribution in [2.75, 3.05) is 5.32 Å². The van der Waals surface area contributed by atoms with Gasteiger partial charge in [-0.15, -0.1) is 10.2 Å². The highest BCUT2D eigenvalue weighted by Crippen LogP contribution is 2.47. The Hall–Kier alpha value is -2.32. The highest BCUT2D eigenvalue weighted by molar-refractivity contribution is 5.73. The van der Waals surface area contributed by atoms with Gasteiger partial charge in [-0.25, -0.2) is 8.78 Å². The molecule has 1 aliphatic carbocycles. The lowest BCUT2D eigenvalue weighted by Crippen LogP contribution is -2.37. The summed E-state index contributed by atoms with van der Waals surface area (Å²) in [6.45, 7) is 0. The van der Waals surface area contributed by atoms with E-state index in [0.29, 0.717) is 23.5 Å². The van der Waals surface area contributed by atoms with Gasteiger partial charge < -0.3 is 20.3 Å². The molecule has 0 spiro atoms. The number of nitrogens with one attached hydrogen (secondary N) is 1. The fourth-order valence-corrected chi connectivity index (χ4v) is 5.00. The summed E-state index contributed by atoms with van der Waals surface area (Å²) in [6.07, 6.45) is 3.03. The van der Waals surface area contributed by atoms with Crippen LogP contribution >= 0.6 is 0 Å². The molecule has 0 unspecified atom stereocenters. The van der Waals surface area contributed by atoms with Crippen molar-refractivity contribution in [2.45, 2.75) is 75.7 Å². The Morgan fingerprint density at radius 1 is 1.10 bits per heavy atom. The van der Waals surface area contributed by atoms with Gasteiger partial charge in [0, 0.05) is 23.1 Å². The fourth-order valence-electron chi connectivity index (χ4n) is 5.00. The molecule has 2 aliphatic heterocycles. The van der Waals surface area contributed by atoms with Crippen molar-refractivity contribution in [1.29, 1.82) is 0 Å². The molecular formula is C22H25F2N3O3. The van der Waals surface area contributed by atoms with Crippen LogP contribution in [-0.4, -0.2) is 38.7 Å². The molecule has 160 valence electrons. The van der Waals surface area contributed by atoms with E-state index < -0.39 is 12.5 Å². The number of fused-ring (bicyclic) bond motifs is 4. The van der Waals surface area contributed by atoms with Crippen molar-refractivity contribution in [3.63, 3.8) is 0 Å². The zero-order valence-electron chi connectivity index (χ0n) is 16.5. The van der Waals surface area contributed by atoms with Crippen LogP contribution in [0.3, 0.4) is 0 Å². The number of nitrogens with zero attached hydrogens (tertiary/aromatic N) is 2. The van der Waals surface area contributed by atoms with Crippen molar-refractivity contribution < 1.29 is 23.7 Å². The summed E-state index contributed by atoms with van der Waals surface area (Å²) in [5.74, 6) is 0.389. The molecule has 0 amide bonds. The summed E-state index contributed by atoms with van der Waals surface area (Å²) in [4.78, 5) is 0. The van der Waals surface area contributed by atoms with E-state index in [1.165, 1.54) is 12.1 Å². The van der Waals surface area contributed by atoms with Crippen LogP contribution in [0.25, 0.3) is 11.3 Å². The minimum Gasteiger partial charge on any atom is -0.507 e. The number of phenolic OH excluding ortho intramolecular Hbond substituents is 1. The van der Waals surface area contributed by atoms with E-state index in [2.05, 4.69) is 15.5 Å². The summed E-state index contributed by atoms with van der Waals surface area (Å²) in [5.41, 5.74) is 2.54. The average molecular weight is 417 g/mol. The summed E-state index contributed by atoms with van der Waals surface area (Å²) in [6, 6.07) is 3.80. The quantitative estimate of drug-likeness (QED) is 0.688. The maximum atomic E-state index is 13.0. The highest BCUT2D eigenvalue weighted by Gasteiger charge is 2.39. The number of hydrogen-bond donors (Lipinski definition) is 3. The van der Waals surface area contributed by atoms with Gasteiger partial charge in [-0.2, -0.15) is 0 Å². The molecule has 1 saturated carbocycles. The first-order chi connectivity index (χ1) is 14.5. The molecule has 4 atom stereocenters. The predicted octanol–water partition coefficient (Wildman–Crippen LogP) is 4.28. The van der Waals surface area contributed by atoms with Gasteiger partial charge in [-0.1, -0.05) is 18.9 Å². The summed E-state index contributed by atoms with van der Waals surface area (Å²) < 4.78 is 32.1. The number of aliphatic hydroxyl groups is 1. The van der Waals surface area contributed by atoms with Crippen molar-refractivity contribution in [2.24, 2.45) is 0 Å². The largest absolute Gasteiger partial charge is 0.507 e. The Morgan fingerprint density at radius 3 is 2.70 bits per heavy atom. The number of benzene rings is 1. The number of hydrogen-bond acceptors (Lipinski definition) is 6. The molecule has 1 aromatic heterocycles. The minimum atomic E-state index is -2.65. The van der Waals surface area contributed by atoms with E-state index in [1.54, 1.807) is 0 Å². The number of phenols is 1. The molecule has 3 N–H and O–H groups in total. The molecule has 1 saturated heterocycles. The second-order valence-corrected chi connectivity index (χ2v) is 8.50. The normalized spacial score (nSPS) is 27.9. The first kappa shape index (κ1) is 19.6. The fraction of sp³-hybridized carbons (Fsp3) is 0.545. The molecular weight excluding hydrogens is 392 g/mol. The Balaban J connectivity index is 1.57. The molecule has 8 heteroatoms. The molecule has 6 nitrogen and oxygen atoms in total. The third-order valence-corrected chi connectivity index (χ3v) is 6.56. The molecule has 0 radical (unpaired) electrons. The van der Waals surface area contributed by atoms with Gasteiger partial charge >= 0.3 is 0 Å². The lowest BCUT2D eigenvalue weighted by atomic mass is 9.91. The van der Waals surface area contributed by atoms with Crippen molar-refractivity contribution >= 4 is 5.82 Å². The van der Waals surface area contributed by atoms with E-state index in [4.69, 9.17) is 4.74 Å². The summed E-state index contributed by atoms with van der Waals surface area (Å²) >= 11 is 0. The van der Waals surface area contributed by atoms with Crippen molar-refractivity contribution in [3.8, 4) is 17.0 Å². The Bertz CT molecular complexity index is 955. The van der Waals surface area contributed by atoms with Gasteiger partial charge in [0.1, 0.15) is 11.4 Å². The number of rotatable bonds is 4. The van der Waals surface area contributed by atoms with Crippen LogP contribution in [0, 0.1) is 0 Å². The Labute approximate surface area is 173 Å². The third kappa shape index (κ3) is 3.41. The van der Waals surface area contributed by atoms with E-state index in [1.807, 2.05) is 0 Å². The van der Waals surface area contributed by atoms with Gasteiger partial charge in [0.25, 0.3) is 6.43 Å². The molecule has 3 aliphatic rings. The first-order valence-corrected chi connectivity index (χ1v) is 10.6. The molecule has 1 aromatic carbocycles. The summed E-state index contributed by atoms with van der Waals surface area (Å²) in [7, 11) is 0. The van der Waals surface area contributed by atoms with Crippen LogP contribution < -0.4 is 5.32 Å². The number of aromatic nitrogens is 2. The van der Waals surface area contributed by atoms with Gasteiger partial charge in [-0.05, 0) is 43.4 Å². The van der Waals surface area contributed by atoms with Crippen molar-refractivity contribution in [3.05, 3.63) is 34.9 Å². The SMILES string of the molecule is Oc1cc(C(F)F)ccc1-c1nnc(N[C@@H]2CCCC[C@H]2O)c2c1C[C@H]1CC[C@@H]2O1. The Morgan fingerprint density at radius 2 is 1.93 bits per heavy atom. The first-order valence-electron chi connectivity index (χ1n) is 10.6.